The van der Waals surface area contributed by atoms with Gasteiger partial charge in [-0.25, -0.2) is 4.79 Å². The molecular weight excluding hydrogens is 360 g/mol. The van der Waals surface area contributed by atoms with Crippen molar-refractivity contribution in [2.45, 2.75) is 43.8 Å². The Kier molecular flexibility index (Phi) is 3.94. The molecule has 1 aromatic heterocycles. The minimum Gasteiger partial charge on any atom is -0.335 e. The third kappa shape index (κ3) is 2.73. The summed E-state index contributed by atoms with van der Waals surface area (Å²) in [7, 11) is 2.19. The maximum atomic E-state index is 13.3. The van der Waals surface area contributed by atoms with Crippen LogP contribution in [0.1, 0.15) is 36.0 Å². The van der Waals surface area contributed by atoms with E-state index in [9.17, 15) is 9.59 Å². The van der Waals surface area contributed by atoms with Crippen LogP contribution in [0.25, 0.3) is 0 Å². The number of benzene rings is 1. The van der Waals surface area contributed by atoms with Crippen LogP contribution in [0.4, 0.5) is 21.9 Å². The first-order chi connectivity index (χ1) is 13.1. The third-order valence-electron chi connectivity index (χ3n) is 6.15. The summed E-state index contributed by atoms with van der Waals surface area (Å²) in [6.45, 7) is 0. The van der Waals surface area contributed by atoms with E-state index in [2.05, 4.69) is 22.6 Å². The lowest BCUT2D eigenvalue weighted by Crippen LogP contribution is -2.51. The number of carbonyl (C=O) groups is 2. The fraction of sp³-hybridized carbons (Fsp3) is 0.400. The van der Waals surface area contributed by atoms with E-state index >= 15 is 0 Å². The minimum absolute atomic E-state index is 0.160. The number of hydrogen-bond acceptors (Lipinski definition) is 4. The Morgan fingerprint density at radius 2 is 1.89 bits per heavy atom. The average molecular weight is 382 g/mol. The van der Waals surface area contributed by atoms with Gasteiger partial charge in [-0.2, -0.15) is 0 Å². The lowest BCUT2D eigenvalue weighted by atomic mass is 9.98. The van der Waals surface area contributed by atoms with Gasteiger partial charge in [-0.05, 0) is 44.9 Å². The molecular formula is C20H22N4O2S. The first-order valence-corrected chi connectivity index (χ1v) is 10.3. The second-order valence-electron chi connectivity index (χ2n) is 7.65. The van der Waals surface area contributed by atoms with Gasteiger partial charge in [-0.1, -0.05) is 12.1 Å². The molecule has 3 aliphatic heterocycles. The molecule has 2 aromatic rings. The highest BCUT2D eigenvalue weighted by molar-refractivity contribution is 7.08. The zero-order valence-corrected chi connectivity index (χ0v) is 16.0. The van der Waals surface area contributed by atoms with Gasteiger partial charge >= 0.3 is 6.03 Å². The Morgan fingerprint density at radius 3 is 2.67 bits per heavy atom. The largest absolute Gasteiger partial charge is 0.335 e. The zero-order chi connectivity index (χ0) is 18.5. The van der Waals surface area contributed by atoms with Crippen molar-refractivity contribution in [1.82, 2.24) is 10.2 Å². The lowest BCUT2D eigenvalue weighted by Gasteiger charge is -2.37. The Bertz CT molecular complexity index is 897. The van der Waals surface area contributed by atoms with E-state index in [0.29, 0.717) is 34.7 Å². The van der Waals surface area contributed by atoms with Crippen molar-refractivity contribution in [3.8, 4) is 0 Å². The van der Waals surface area contributed by atoms with Gasteiger partial charge in [0.2, 0.25) is 0 Å². The summed E-state index contributed by atoms with van der Waals surface area (Å²) in [5.74, 6) is -0.175. The summed E-state index contributed by atoms with van der Waals surface area (Å²) < 4.78 is 0. The van der Waals surface area contributed by atoms with Gasteiger partial charge in [0.05, 0.1) is 22.6 Å². The van der Waals surface area contributed by atoms with E-state index in [1.54, 1.807) is 10.3 Å². The van der Waals surface area contributed by atoms with Gasteiger partial charge in [0.25, 0.3) is 5.91 Å². The van der Waals surface area contributed by atoms with Crippen LogP contribution in [-0.2, 0) is 0 Å². The van der Waals surface area contributed by atoms with E-state index in [-0.39, 0.29) is 18.0 Å². The van der Waals surface area contributed by atoms with E-state index < -0.39 is 0 Å². The molecule has 0 aliphatic carbocycles. The molecule has 3 amide bonds. The van der Waals surface area contributed by atoms with E-state index in [1.807, 2.05) is 29.6 Å². The van der Waals surface area contributed by atoms with Crippen LogP contribution in [0.2, 0.25) is 0 Å². The Labute approximate surface area is 162 Å². The lowest BCUT2D eigenvalue weighted by molar-refractivity contribution is 0.102. The van der Waals surface area contributed by atoms with E-state index in [1.165, 1.54) is 24.2 Å². The number of carbonyl (C=O) groups excluding carboxylic acids is 2. The molecule has 3 aliphatic rings. The van der Waals surface area contributed by atoms with Crippen LogP contribution < -0.4 is 15.5 Å². The Balaban J connectivity index is 1.47. The summed E-state index contributed by atoms with van der Waals surface area (Å²) in [6, 6.07) is 8.59. The third-order valence-corrected chi connectivity index (χ3v) is 6.88. The average Bonchev–Trinajstić information content (AvgIpc) is 3.15. The molecule has 0 spiro atoms. The SMILES string of the molecule is CN1C2CCC1CC(NC(=O)N1c3ccccc3NC(=O)c3cscc31)C2. The van der Waals surface area contributed by atoms with Crippen molar-refractivity contribution in [3.05, 3.63) is 40.6 Å². The van der Waals surface area contributed by atoms with Crippen LogP contribution in [0.3, 0.4) is 0 Å². The number of nitrogens with one attached hydrogen (secondary N) is 2. The number of thiophene rings is 1. The molecule has 4 heterocycles. The standard InChI is InChI=1S/C20H22N4O2S/c1-23-13-6-7-14(23)9-12(8-13)21-20(26)24-17-5-3-2-4-16(17)22-19(25)15-10-27-11-18(15)24/h2-5,10-14H,6-9H2,1H3,(H,21,26)(H,22,25). The van der Waals surface area contributed by atoms with Crippen molar-refractivity contribution in [1.29, 1.82) is 0 Å². The molecule has 5 rings (SSSR count). The van der Waals surface area contributed by atoms with Gasteiger partial charge in [0, 0.05) is 28.9 Å². The molecule has 0 saturated carbocycles. The molecule has 2 unspecified atom stereocenters. The fourth-order valence-electron chi connectivity index (χ4n) is 4.71. The Hall–Kier alpha value is -2.38. The molecule has 2 N–H and O–H groups in total. The van der Waals surface area contributed by atoms with Crippen LogP contribution in [0, 0.1) is 0 Å². The molecule has 2 fully saturated rings. The highest BCUT2D eigenvalue weighted by atomic mass is 32.1. The number of urea groups is 1. The summed E-state index contributed by atoms with van der Waals surface area (Å²) in [5.41, 5.74) is 2.55. The maximum absolute atomic E-state index is 13.3. The van der Waals surface area contributed by atoms with Gasteiger partial charge in [0.1, 0.15) is 0 Å². The summed E-state index contributed by atoms with van der Waals surface area (Å²) in [6.07, 6.45) is 4.41. The molecule has 1 aromatic carbocycles. The minimum atomic E-state index is -0.175. The van der Waals surface area contributed by atoms with Crippen LogP contribution in [-0.4, -0.2) is 42.0 Å². The topological polar surface area (TPSA) is 64.7 Å². The number of anilines is 3. The summed E-state index contributed by atoms with van der Waals surface area (Å²) in [5, 5.41) is 9.84. The number of piperidine rings is 1. The first-order valence-electron chi connectivity index (χ1n) is 9.41. The number of hydrogen-bond donors (Lipinski definition) is 2. The quantitative estimate of drug-likeness (QED) is 0.789. The highest BCUT2D eigenvalue weighted by Gasteiger charge is 2.40. The molecule has 0 radical (unpaired) electrons. The van der Waals surface area contributed by atoms with E-state index in [0.717, 1.165) is 12.8 Å². The van der Waals surface area contributed by atoms with Crippen LogP contribution >= 0.6 is 11.3 Å². The number of nitrogens with zero attached hydrogens (tertiary/aromatic N) is 2. The second kappa shape index (κ2) is 6.35. The number of amides is 3. The maximum Gasteiger partial charge on any atom is 0.326 e. The molecule has 140 valence electrons. The summed E-state index contributed by atoms with van der Waals surface area (Å²) in [4.78, 5) is 30.0. The number of para-hydroxylation sites is 2. The van der Waals surface area contributed by atoms with Crippen LogP contribution in [0.15, 0.2) is 35.0 Å². The van der Waals surface area contributed by atoms with Gasteiger partial charge in [-0.15, -0.1) is 11.3 Å². The van der Waals surface area contributed by atoms with Gasteiger partial charge < -0.3 is 15.5 Å². The van der Waals surface area contributed by atoms with Crippen molar-refractivity contribution in [3.63, 3.8) is 0 Å². The fourth-order valence-corrected chi connectivity index (χ4v) is 5.51. The molecule has 2 bridgehead atoms. The van der Waals surface area contributed by atoms with Crippen LogP contribution in [0.5, 0.6) is 0 Å². The second-order valence-corrected chi connectivity index (χ2v) is 8.39. The monoisotopic (exact) mass is 382 g/mol. The predicted molar refractivity (Wildman–Crippen MR) is 107 cm³/mol. The van der Waals surface area contributed by atoms with Crippen molar-refractivity contribution < 1.29 is 9.59 Å². The predicted octanol–water partition coefficient (Wildman–Crippen LogP) is 3.79. The normalized spacial score (nSPS) is 26.8. The molecule has 6 nitrogen and oxygen atoms in total. The molecule has 2 atom stereocenters. The first kappa shape index (κ1) is 16.8. The molecule has 27 heavy (non-hydrogen) atoms. The van der Waals surface area contributed by atoms with Crippen molar-refractivity contribution >= 4 is 40.3 Å². The zero-order valence-electron chi connectivity index (χ0n) is 15.1. The van der Waals surface area contributed by atoms with Gasteiger partial charge in [0.15, 0.2) is 0 Å². The molecule has 7 heteroatoms. The van der Waals surface area contributed by atoms with Gasteiger partial charge in [-0.3, -0.25) is 9.69 Å². The van der Waals surface area contributed by atoms with Crippen molar-refractivity contribution in [2.24, 2.45) is 0 Å². The highest BCUT2D eigenvalue weighted by Crippen LogP contribution is 2.40. The molecule has 2 saturated heterocycles. The smallest absolute Gasteiger partial charge is 0.326 e. The summed E-state index contributed by atoms with van der Waals surface area (Å²) >= 11 is 1.43. The van der Waals surface area contributed by atoms with Crippen molar-refractivity contribution in [2.75, 3.05) is 17.3 Å². The van der Waals surface area contributed by atoms with E-state index in [4.69, 9.17) is 0 Å². The Morgan fingerprint density at radius 1 is 1.15 bits per heavy atom. The number of rotatable bonds is 1. The number of fused-ring (bicyclic) bond motifs is 4.